The van der Waals surface area contributed by atoms with Crippen LogP contribution in [0, 0.1) is 225 Å². The third kappa shape index (κ3) is 8.77. The predicted molar refractivity (Wildman–Crippen MR) is 333 cm³/mol. The second-order valence-electron chi connectivity index (χ2n) is 30.0. The second-order valence-corrected chi connectivity index (χ2v) is 30.3. The standard InChI is InChI=1S/C40H50.C9H12O2.C7H3ClFNO3.2C7H4FNO4.HPS/c1-2-12-14-5-6-16-18-9-10-20-19-8-7-17-15-4-3-13-11(1)21-22(12)32-24(14)26(16)34-29(18)30(20)35-28(19)27(17)33-25(15)23(13)31(21)36-37(32)39(34)40(35)38(33)36;1-2-11-9-5-3-8(7-10)4-6-9;8-7(11)4-1-2-5(9)6(3-4)10(12)13;2*8-5-2-1-4(7(10)11)3-6(5)9(12)13;1-2/h11-40H,1-10H2;3-6,10H,2,7H2,1H3;1-3H;2*1-3H,(H,10,11);1H. The molecule has 16 saturated carbocycles. The molecule has 4 aromatic carbocycles. The fraction of sp³-hybridized carbons (Fsp3) is 0.614. The Morgan fingerprint density at radius 1 is 0.446 bits per heavy atom. The van der Waals surface area contributed by atoms with E-state index >= 15 is 0 Å². The summed E-state index contributed by atoms with van der Waals surface area (Å²) in [6.45, 7) is 2.71. The van der Waals surface area contributed by atoms with E-state index in [1.165, 1.54) is 178 Å². The number of nitrogens with zero attached hydrogens (tertiary/aromatic N) is 3. The average molecular weight is 1320 g/mol. The minimum atomic E-state index is -1.33. The van der Waals surface area contributed by atoms with Crippen LogP contribution in [-0.4, -0.2) is 53.9 Å². The molecule has 0 spiro atoms. The Hall–Kier alpha value is -5.95. The number of aliphatic hydroxyl groups is 1. The number of hydrogen-bond donors (Lipinski definition) is 3. The van der Waals surface area contributed by atoms with Crippen LogP contribution in [0.3, 0.4) is 0 Å². The van der Waals surface area contributed by atoms with Crippen molar-refractivity contribution in [2.75, 3.05) is 6.61 Å². The summed E-state index contributed by atoms with van der Waals surface area (Å²) in [7, 11) is 2.56. The monoisotopic (exact) mass is 1320 g/mol. The van der Waals surface area contributed by atoms with Gasteiger partial charge in [-0.15, -0.1) is 0 Å². The molecular weight excluding hydrogens is 1250 g/mol. The lowest BCUT2D eigenvalue weighted by Gasteiger charge is -2.61. The molecule has 0 radical (unpaired) electrons. The highest BCUT2D eigenvalue weighted by Crippen LogP contribution is 2.92. The fourth-order valence-electron chi connectivity index (χ4n) is 28.0. The predicted octanol–water partition coefficient (Wildman–Crippen LogP) is 14.7. The maximum absolute atomic E-state index is 12.7. The van der Waals surface area contributed by atoms with Crippen LogP contribution in [0.4, 0.5) is 30.2 Å². The van der Waals surface area contributed by atoms with Crippen LogP contribution < -0.4 is 4.74 Å². The van der Waals surface area contributed by atoms with Crippen molar-refractivity contribution in [2.45, 2.75) is 77.7 Å². The Bertz CT molecular complexity index is 3230. The van der Waals surface area contributed by atoms with Gasteiger partial charge < -0.3 is 20.1 Å². The number of carbonyl (C=O) groups is 3. The molecule has 20 rings (SSSR count). The third-order valence-corrected chi connectivity index (χ3v) is 28.8. The molecule has 0 saturated heterocycles. The Morgan fingerprint density at radius 3 is 0.880 bits per heavy atom. The Morgan fingerprint density at radius 2 is 0.674 bits per heavy atom. The molecule has 0 heterocycles. The fourth-order valence-corrected chi connectivity index (χ4v) is 28.1. The van der Waals surface area contributed by atoms with Gasteiger partial charge in [0, 0.05) is 23.8 Å². The highest BCUT2D eigenvalue weighted by atomic mass is 35.5. The van der Waals surface area contributed by atoms with E-state index in [4.69, 9.17) is 31.7 Å². The number of aromatic carboxylic acids is 2. The summed E-state index contributed by atoms with van der Waals surface area (Å²) in [6.07, 6.45) is 17.3. The Balaban J connectivity index is 0.000000113. The molecule has 16 aliphatic rings. The SMILES string of the molecule is C1CC2C3CCC4C5CCC6C7CCC8C9CCC%10C1C1C2C2C3C4C3C5C6C4C7C8C5C9C%10C1C1C2C3C4C51.CCOc1ccc(CO)cc1.O=C(Cl)c1ccc(F)c([N+](=O)[O-])c1.O=C(O)c1ccc(F)c([N+](=O)[O-])c1.O=C(O)c1ccc(F)c([N+](=O)[O-])c1.P=S. The van der Waals surface area contributed by atoms with Crippen LogP contribution >= 0.6 is 19.6 Å². The summed E-state index contributed by atoms with van der Waals surface area (Å²) < 4.78 is 43.2. The topological polar surface area (TPSA) is 251 Å². The zero-order chi connectivity index (χ0) is 64.5. The minimum absolute atomic E-state index is 0.0897. The lowest BCUT2D eigenvalue weighted by atomic mass is 9.43. The number of fused-ring (bicyclic) bond motifs is 5. The van der Waals surface area contributed by atoms with E-state index in [0.29, 0.717) is 18.7 Å². The average Bonchev–Trinajstić information content (AvgIpc) is 1.44. The van der Waals surface area contributed by atoms with Gasteiger partial charge in [0.15, 0.2) is 0 Å². The van der Waals surface area contributed by atoms with Gasteiger partial charge in [-0.2, -0.15) is 13.2 Å². The number of nitro groups is 3. The number of nitro benzene ring substituents is 3. The van der Waals surface area contributed by atoms with Gasteiger partial charge in [-0.05, 0) is 322 Å². The van der Waals surface area contributed by atoms with E-state index in [-0.39, 0.29) is 23.3 Å². The summed E-state index contributed by atoms with van der Waals surface area (Å²) in [5.41, 5.74) is -2.24. The Kier molecular flexibility index (Phi) is 15.7. The highest BCUT2D eigenvalue weighted by Gasteiger charge is 2.88. The second kappa shape index (κ2) is 23.2. The molecule has 486 valence electrons. The molecular formula is C70H74ClF3N3O13PS. The normalized spacial score (nSPS) is 43.1. The molecule has 92 heavy (non-hydrogen) atoms. The summed E-state index contributed by atoms with van der Waals surface area (Å²) in [5, 5.41) is 55.3. The van der Waals surface area contributed by atoms with Crippen molar-refractivity contribution in [2.24, 2.45) is 178 Å². The summed E-state index contributed by atoms with van der Waals surface area (Å²) >= 11 is 8.94. The zero-order valence-corrected chi connectivity index (χ0v) is 53.1. The van der Waals surface area contributed by atoms with Crippen LogP contribution in [0.1, 0.15) is 108 Å². The molecule has 20 unspecified atom stereocenters. The number of aliphatic hydroxyl groups excluding tert-OH is 1. The van der Waals surface area contributed by atoms with Crippen molar-refractivity contribution in [3.8, 4) is 5.75 Å². The first-order valence-electron chi connectivity index (χ1n) is 33.4. The molecule has 20 atom stereocenters. The quantitative estimate of drug-likeness (QED) is 0.0610. The lowest BCUT2D eigenvalue weighted by molar-refractivity contribution is -0.387. The van der Waals surface area contributed by atoms with Crippen molar-refractivity contribution in [1.82, 2.24) is 0 Å². The number of ether oxygens (including phenoxy) is 1. The highest BCUT2D eigenvalue weighted by molar-refractivity contribution is 7.88. The molecule has 22 heteroatoms. The number of benzene rings is 4. The van der Waals surface area contributed by atoms with Gasteiger partial charge in [-0.1, -0.05) is 23.9 Å². The van der Waals surface area contributed by atoms with Gasteiger partial charge in [0.2, 0.25) is 17.5 Å². The minimum Gasteiger partial charge on any atom is -0.494 e. The van der Waals surface area contributed by atoms with Crippen LogP contribution in [0.2, 0.25) is 0 Å². The van der Waals surface area contributed by atoms with E-state index in [0.717, 1.165) is 53.8 Å². The first-order valence-corrected chi connectivity index (χ1v) is 35.4. The number of carbonyl (C=O) groups excluding carboxylic acids is 1. The molecule has 0 amide bonds. The smallest absolute Gasteiger partial charge is 0.335 e. The van der Waals surface area contributed by atoms with Crippen molar-refractivity contribution in [3.05, 3.63) is 149 Å². The maximum atomic E-state index is 12.7. The van der Waals surface area contributed by atoms with E-state index in [1.807, 2.05) is 31.2 Å². The lowest BCUT2D eigenvalue weighted by Crippen LogP contribution is -2.58. The summed E-state index contributed by atoms with van der Waals surface area (Å²) in [6, 6.07) is 14.9. The van der Waals surface area contributed by atoms with E-state index in [1.54, 1.807) is 64.2 Å². The molecule has 16 aliphatic carbocycles. The van der Waals surface area contributed by atoms with Crippen molar-refractivity contribution < 1.29 is 62.4 Å². The van der Waals surface area contributed by atoms with Gasteiger partial charge in [-0.3, -0.25) is 35.1 Å². The Labute approximate surface area is 541 Å². The van der Waals surface area contributed by atoms with Gasteiger partial charge in [-0.25, -0.2) is 9.59 Å². The molecule has 16 nitrogen and oxygen atoms in total. The number of hydrogen-bond acceptors (Lipinski definition) is 12. The zero-order valence-electron chi connectivity index (χ0n) is 50.5. The van der Waals surface area contributed by atoms with Crippen molar-refractivity contribution in [3.63, 3.8) is 0 Å². The number of carboxylic acids is 2. The van der Waals surface area contributed by atoms with E-state index in [2.05, 4.69) is 19.8 Å². The summed E-state index contributed by atoms with van der Waals surface area (Å²) in [5.74, 6) is 32.9. The number of halogens is 4. The first-order chi connectivity index (χ1) is 44.3. The number of carboxylic acid groups (broad SMARTS) is 2. The van der Waals surface area contributed by atoms with Gasteiger partial charge >= 0.3 is 29.0 Å². The van der Waals surface area contributed by atoms with E-state index < -0.39 is 66.5 Å². The first kappa shape index (κ1) is 62.2. The molecule has 0 bridgehead atoms. The summed E-state index contributed by atoms with van der Waals surface area (Å²) in [4.78, 5) is 58.9. The maximum Gasteiger partial charge on any atom is 0.335 e. The van der Waals surface area contributed by atoms with Crippen LogP contribution in [0.25, 0.3) is 0 Å². The van der Waals surface area contributed by atoms with Crippen LogP contribution in [0.5, 0.6) is 5.75 Å². The van der Waals surface area contributed by atoms with Crippen molar-refractivity contribution in [1.29, 1.82) is 0 Å². The van der Waals surface area contributed by atoms with Gasteiger partial charge in [0.1, 0.15) is 5.75 Å². The molecule has 3 N–H and O–H groups in total. The molecule has 0 aliphatic heterocycles. The molecule has 4 aromatic rings. The van der Waals surface area contributed by atoms with Crippen molar-refractivity contribution >= 4 is 65.7 Å². The van der Waals surface area contributed by atoms with Gasteiger partial charge in [0.05, 0.1) is 39.1 Å². The largest absolute Gasteiger partial charge is 0.494 e. The molecule has 16 fully saturated rings. The van der Waals surface area contributed by atoms with Crippen LogP contribution in [0.15, 0.2) is 78.9 Å². The van der Waals surface area contributed by atoms with Gasteiger partial charge in [0.25, 0.3) is 5.24 Å². The van der Waals surface area contributed by atoms with E-state index in [9.17, 15) is 57.9 Å². The molecule has 0 aromatic heterocycles. The third-order valence-electron chi connectivity index (χ3n) is 28.5. The number of rotatable bonds is 9. The van der Waals surface area contributed by atoms with Crippen LogP contribution in [-0.2, 0) is 18.4 Å².